The molecule has 1 aliphatic rings. The molecule has 9 nitrogen and oxygen atoms in total. The van der Waals surface area contributed by atoms with Crippen molar-refractivity contribution in [3.8, 4) is 0 Å². The number of pyridine rings is 1. The van der Waals surface area contributed by atoms with Crippen LogP contribution in [0.2, 0.25) is 0 Å². The van der Waals surface area contributed by atoms with Crippen molar-refractivity contribution in [2.24, 2.45) is 11.7 Å². The number of carbonyl (C=O) groups excluding carboxylic acids is 3. The van der Waals surface area contributed by atoms with Gasteiger partial charge in [-0.2, -0.15) is 0 Å². The Morgan fingerprint density at radius 3 is 2.75 bits per heavy atom. The van der Waals surface area contributed by atoms with Crippen molar-refractivity contribution in [3.05, 3.63) is 45.3 Å². The number of aromatic nitrogens is 2. The van der Waals surface area contributed by atoms with Crippen molar-refractivity contribution < 1.29 is 14.4 Å². The average molecular weight is 403 g/mol. The highest BCUT2D eigenvalue weighted by molar-refractivity contribution is 7.14. The van der Waals surface area contributed by atoms with Crippen LogP contribution in [-0.2, 0) is 16.0 Å². The molecule has 0 bridgehead atoms. The lowest BCUT2D eigenvalue weighted by molar-refractivity contribution is -0.134. The Labute approximate surface area is 165 Å². The molecule has 1 aliphatic heterocycles. The third-order valence-corrected chi connectivity index (χ3v) is 5.49. The second kappa shape index (κ2) is 8.79. The minimum Gasteiger partial charge on any atom is -0.369 e. The number of aryl methyl sites for hydroxylation is 1. The van der Waals surface area contributed by atoms with Gasteiger partial charge in [0.2, 0.25) is 11.8 Å². The number of hydrogen-bond acceptors (Lipinski definition) is 6. The lowest BCUT2D eigenvalue weighted by atomic mass is 9.96. The Morgan fingerprint density at radius 2 is 2.07 bits per heavy atom. The molecule has 0 spiro atoms. The number of likely N-dealkylation sites (tertiary alicyclic amines) is 1. The summed E-state index contributed by atoms with van der Waals surface area (Å²) < 4.78 is 0. The lowest BCUT2D eigenvalue weighted by Crippen LogP contribution is -2.41. The molecule has 0 aliphatic carbocycles. The van der Waals surface area contributed by atoms with Gasteiger partial charge in [0.1, 0.15) is 5.56 Å². The highest BCUT2D eigenvalue weighted by Crippen LogP contribution is 2.20. The fourth-order valence-corrected chi connectivity index (χ4v) is 3.79. The molecule has 0 aromatic carbocycles. The van der Waals surface area contributed by atoms with Gasteiger partial charge in [-0.1, -0.05) is 0 Å². The van der Waals surface area contributed by atoms with Crippen LogP contribution < -0.4 is 16.6 Å². The summed E-state index contributed by atoms with van der Waals surface area (Å²) in [6.07, 6.45) is 3.41. The largest absolute Gasteiger partial charge is 0.369 e. The number of hydrogen-bond donors (Lipinski definition) is 3. The summed E-state index contributed by atoms with van der Waals surface area (Å²) in [5.41, 5.74) is 5.54. The van der Waals surface area contributed by atoms with Crippen LogP contribution in [-0.4, -0.2) is 45.7 Å². The van der Waals surface area contributed by atoms with Gasteiger partial charge in [-0.15, -0.1) is 11.3 Å². The predicted octanol–water partition coefficient (Wildman–Crippen LogP) is 0.740. The molecule has 2 aromatic rings. The number of piperidine rings is 1. The molecular formula is C18H21N5O4S. The topological polar surface area (TPSA) is 138 Å². The van der Waals surface area contributed by atoms with E-state index in [1.165, 1.54) is 23.6 Å². The molecule has 1 fully saturated rings. The molecule has 0 atom stereocenters. The van der Waals surface area contributed by atoms with Gasteiger partial charge >= 0.3 is 0 Å². The number of amides is 3. The normalized spacial score (nSPS) is 14.6. The number of aromatic amines is 1. The number of rotatable bonds is 6. The molecular weight excluding hydrogens is 382 g/mol. The molecule has 0 saturated carbocycles. The average Bonchev–Trinajstić information content (AvgIpc) is 3.13. The summed E-state index contributed by atoms with van der Waals surface area (Å²) in [5, 5.41) is 4.74. The maximum Gasteiger partial charge on any atom is 0.263 e. The number of anilines is 1. The van der Waals surface area contributed by atoms with Crippen molar-refractivity contribution in [1.29, 1.82) is 0 Å². The van der Waals surface area contributed by atoms with E-state index in [9.17, 15) is 19.2 Å². The van der Waals surface area contributed by atoms with Crippen LogP contribution in [0.3, 0.4) is 0 Å². The summed E-state index contributed by atoms with van der Waals surface area (Å²) in [6, 6.07) is 3.00. The third-order valence-electron chi connectivity index (χ3n) is 4.68. The first-order valence-electron chi connectivity index (χ1n) is 8.94. The Bertz CT molecular complexity index is 930. The maximum atomic E-state index is 12.3. The standard InChI is InChI=1S/C18H21N5O4S/c19-15(25)11-5-8-23(9-6-11)14(24)4-3-12-10-28-18(21-12)22-17(27)13-2-1-7-20-16(13)26/h1-2,7,10-11H,3-6,8-9H2,(H2,19,25)(H,20,26)(H,21,22,27). The fourth-order valence-electron chi connectivity index (χ4n) is 3.05. The highest BCUT2D eigenvalue weighted by Gasteiger charge is 2.25. The molecule has 3 rings (SSSR count). The summed E-state index contributed by atoms with van der Waals surface area (Å²) in [5.74, 6) is -0.972. The molecule has 0 unspecified atom stereocenters. The van der Waals surface area contributed by atoms with E-state index in [1.807, 2.05) is 0 Å². The Hall–Kier alpha value is -3.01. The summed E-state index contributed by atoms with van der Waals surface area (Å²) in [7, 11) is 0. The van der Waals surface area contributed by atoms with E-state index in [2.05, 4.69) is 15.3 Å². The number of thiazole rings is 1. The van der Waals surface area contributed by atoms with E-state index in [-0.39, 0.29) is 23.3 Å². The first kappa shape index (κ1) is 19.7. The molecule has 3 amide bonds. The molecule has 2 aromatic heterocycles. The minimum atomic E-state index is -0.531. The molecule has 28 heavy (non-hydrogen) atoms. The van der Waals surface area contributed by atoms with Gasteiger partial charge in [0.25, 0.3) is 11.5 Å². The predicted molar refractivity (Wildman–Crippen MR) is 104 cm³/mol. The number of primary amides is 1. The minimum absolute atomic E-state index is 0.00814. The van der Waals surface area contributed by atoms with Crippen LogP contribution in [0, 0.1) is 5.92 Å². The fraction of sp³-hybridized carbons (Fsp3) is 0.389. The second-order valence-electron chi connectivity index (χ2n) is 6.57. The first-order valence-corrected chi connectivity index (χ1v) is 9.82. The van der Waals surface area contributed by atoms with E-state index in [0.717, 1.165) is 0 Å². The molecule has 148 valence electrons. The Kier molecular flexibility index (Phi) is 6.19. The summed E-state index contributed by atoms with van der Waals surface area (Å²) in [4.78, 5) is 55.8. The van der Waals surface area contributed by atoms with E-state index in [0.29, 0.717) is 49.6 Å². The number of H-pyrrole nitrogens is 1. The van der Waals surface area contributed by atoms with Gasteiger partial charge in [-0.05, 0) is 31.4 Å². The van der Waals surface area contributed by atoms with Crippen molar-refractivity contribution in [2.45, 2.75) is 25.7 Å². The SMILES string of the molecule is NC(=O)C1CCN(C(=O)CCc2csc(NC(=O)c3ccc[nH]c3=O)n2)CC1. The number of nitrogens with zero attached hydrogens (tertiary/aromatic N) is 2. The lowest BCUT2D eigenvalue weighted by Gasteiger charge is -2.30. The quantitative estimate of drug-likeness (QED) is 0.653. The van der Waals surface area contributed by atoms with Crippen molar-refractivity contribution in [1.82, 2.24) is 14.9 Å². The van der Waals surface area contributed by atoms with Crippen LogP contribution in [0.15, 0.2) is 28.5 Å². The van der Waals surface area contributed by atoms with Gasteiger partial charge in [0.05, 0.1) is 5.69 Å². The van der Waals surface area contributed by atoms with Crippen molar-refractivity contribution in [3.63, 3.8) is 0 Å². The molecule has 3 heterocycles. The number of nitrogens with two attached hydrogens (primary N) is 1. The van der Waals surface area contributed by atoms with Gasteiger partial charge in [-0.3, -0.25) is 24.5 Å². The van der Waals surface area contributed by atoms with Gasteiger partial charge in [0.15, 0.2) is 5.13 Å². The van der Waals surface area contributed by atoms with E-state index >= 15 is 0 Å². The highest BCUT2D eigenvalue weighted by atomic mass is 32.1. The van der Waals surface area contributed by atoms with E-state index < -0.39 is 11.5 Å². The molecule has 4 N–H and O–H groups in total. The molecule has 10 heteroatoms. The van der Waals surface area contributed by atoms with Gasteiger partial charge in [-0.25, -0.2) is 4.98 Å². The van der Waals surface area contributed by atoms with Crippen LogP contribution in [0.1, 0.15) is 35.3 Å². The van der Waals surface area contributed by atoms with Crippen LogP contribution in [0.25, 0.3) is 0 Å². The zero-order valence-electron chi connectivity index (χ0n) is 15.1. The monoisotopic (exact) mass is 403 g/mol. The van der Waals surface area contributed by atoms with Crippen LogP contribution >= 0.6 is 11.3 Å². The number of nitrogens with one attached hydrogen (secondary N) is 2. The third kappa shape index (κ3) is 4.83. The maximum absolute atomic E-state index is 12.3. The van der Waals surface area contributed by atoms with Crippen molar-refractivity contribution >= 4 is 34.2 Å². The zero-order valence-corrected chi connectivity index (χ0v) is 16.0. The first-order chi connectivity index (χ1) is 13.4. The van der Waals surface area contributed by atoms with Crippen LogP contribution in [0.4, 0.5) is 5.13 Å². The summed E-state index contributed by atoms with van der Waals surface area (Å²) >= 11 is 1.24. The van der Waals surface area contributed by atoms with Gasteiger partial charge in [0, 0.05) is 37.0 Å². The summed E-state index contributed by atoms with van der Waals surface area (Å²) in [6.45, 7) is 1.08. The van der Waals surface area contributed by atoms with E-state index in [4.69, 9.17) is 5.73 Å². The van der Waals surface area contributed by atoms with Gasteiger partial charge < -0.3 is 15.6 Å². The Balaban J connectivity index is 1.49. The van der Waals surface area contributed by atoms with E-state index in [1.54, 1.807) is 16.3 Å². The molecule has 0 radical (unpaired) electrons. The number of carbonyl (C=O) groups is 3. The zero-order chi connectivity index (χ0) is 20.1. The molecule has 1 saturated heterocycles. The second-order valence-corrected chi connectivity index (χ2v) is 7.43. The van der Waals surface area contributed by atoms with Crippen LogP contribution in [0.5, 0.6) is 0 Å². The smallest absolute Gasteiger partial charge is 0.263 e. The van der Waals surface area contributed by atoms with Crippen molar-refractivity contribution in [2.75, 3.05) is 18.4 Å². The Morgan fingerprint density at radius 1 is 1.32 bits per heavy atom.